The van der Waals surface area contributed by atoms with Gasteiger partial charge in [-0.05, 0) is 44.5 Å². The Hall–Kier alpha value is -2.77. The van der Waals surface area contributed by atoms with Crippen LogP contribution in [0.15, 0.2) is 40.9 Å². The molecule has 1 aliphatic heterocycles. The number of Topliss-reactive ketones (excluding diaryl/α,β-unsaturated/α-hetero) is 1. The molecule has 0 radical (unpaired) electrons. The number of rotatable bonds is 5. The van der Waals surface area contributed by atoms with Gasteiger partial charge in [0.15, 0.2) is 11.6 Å². The van der Waals surface area contributed by atoms with Crippen molar-refractivity contribution in [3.05, 3.63) is 70.5 Å². The predicted molar refractivity (Wildman–Crippen MR) is 106 cm³/mol. The van der Waals surface area contributed by atoms with Gasteiger partial charge in [-0.25, -0.2) is 4.39 Å². The highest BCUT2D eigenvalue weighted by Crippen LogP contribution is 2.24. The van der Waals surface area contributed by atoms with Crippen molar-refractivity contribution in [2.75, 3.05) is 26.2 Å². The number of morpholine rings is 1. The van der Waals surface area contributed by atoms with Crippen LogP contribution in [0.3, 0.4) is 0 Å². The monoisotopic (exact) mass is 397 g/mol. The molecule has 0 bridgehead atoms. The van der Waals surface area contributed by atoms with E-state index in [2.05, 4.69) is 10.1 Å². The standard InChI is InChI=1S/C22H24FN3O3/c1-14-10-19(16(3)26(14)22-11-15(2)29-24-22)20(27)12-25-8-9-28-21(13-25)17-4-6-18(23)7-5-17/h4-7,10-11,21H,8-9,12-13H2,1-3H3. The van der Waals surface area contributed by atoms with E-state index in [1.54, 1.807) is 12.1 Å². The molecule has 6 nitrogen and oxygen atoms in total. The Morgan fingerprint density at radius 2 is 1.97 bits per heavy atom. The zero-order valence-electron chi connectivity index (χ0n) is 16.8. The molecular weight excluding hydrogens is 373 g/mol. The number of aryl methyl sites for hydroxylation is 2. The number of ether oxygens (including phenoxy) is 1. The molecular formula is C22H24FN3O3. The Bertz CT molecular complexity index is 1020. The summed E-state index contributed by atoms with van der Waals surface area (Å²) in [6, 6.07) is 10.1. The summed E-state index contributed by atoms with van der Waals surface area (Å²) in [4.78, 5) is 15.1. The average Bonchev–Trinajstić information content (AvgIpc) is 3.25. The van der Waals surface area contributed by atoms with Crippen LogP contribution in [0.25, 0.3) is 5.82 Å². The van der Waals surface area contributed by atoms with Gasteiger partial charge >= 0.3 is 0 Å². The number of nitrogens with zero attached hydrogens (tertiary/aromatic N) is 3. The molecule has 1 aliphatic rings. The molecule has 0 amide bonds. The van der Waals surface area contributed by atoms with Crippen LogP contribution >= 0.6 is 0 Å². The van der Waals surface area contributed by atoms with Crippen molar-refractivity contribution in [2.24, 2.45) is 0 Å². The Kier molecular flexibility index (Phi) is 5.34. The Morgan fingerprint density at radius 1 is 1.21 bits per heavy atom. The number of carbonyl (C=O) groups excluding carboxylic acids is 1. The van der Waals surface area contributed by atoms with Crippen molar-refractivity contribution in [1.82, 2.24) is 14.6 Å². The molecule has 0 aliphatic carbocycles. The van der Waals surface area contributed by atoms with Gasteiger partial charge in [0.2, 0.25) is 0 Å². The zero-order valence-corrected chi connectivity index (χ0v) is 16.8. The third-order valence-electron chi connectivity index (χ3n) is 5.34. The predicted octanol–water partition coefficient (Wildman–Crippen LogP) is 3.79. The summed E-state index contributed by atoms with van der Waals surface area (Å²) in [7, 11) is 0. The summed E-state index contributed by atoms with van der Waals surface area (Å²) in [5.74, 6) is 1.19. The lowest BCUT2D eigenvalue weighted by Gasteiger charge is -2.32. The summed E-state index contributed by atoms with van der Waals surface area (Å²) in [6.45, 7) is 7.84. The van der Waals surface area contributed by atoms with Gasteiger partial charge in [-0.3, -0.25) is 14.3 Å². The highest BCUT2D eigenvalue weighted by Gasteiger charge is 2.25. The minimum absolute atomic E-state index is 0.0596. The largest absolute Gasteiger partial charge is 0.371 e. The molecule has 1 fully saturated rings. The van der Waals surface area contributed by atoms with E-state index in [0.29, 0.717) is 37.6 Å². The van der Waals surface area contributed by atoms with Crippen molar-refractivity contribution in [1.29, 1.82) is 0 Å². The number of aromatic nitrogens is 2. The maximum absolute atomic E-state index is 13.2. The topological polar surface area (TPSA) is 60.5 Å². The fourth-order valence-corrected chi connectivity index (χ4v) is 3.87. The molecule has 1 aromatic carbocycles. The van der Waals surface area contributed by atoms with Crippen LogP contribution in [0.5, 0.6) is 0 Å². The lowest BCUT2D eigenvalue weighted by molar-refractivity contribution is -0.0275. The van der Waals surface area contributed by atoms with Gasteiger partial charge in [-0.2, -0.15) is 0 Å². The van der Waals surface area contributed by atoms with Crippen molar-refractivity contribution in [3.63, 3.8) is 0 Å². The van der Waals surface area contributed by atoms with E-state index in [4.69, 9.17) is 9.26 Å². The number of benzene rings is 1. The van der Waals surface area contributed by atoms with Crippen molar-refractivity contribution in [3.8, 4) is 5.82 Å². The van der Waals surface area contributed by atoms with E-state index in [1.165, 1.54) is 12.1 Å². The van der Waals surface area contributed by atoms with Gasteiger partial charge < -0.3 is 9.26 Å². The maximum atomic E-state index is 13.2. The average molecular weight is 397 g/mol. The van der Waals surface area contributed by atoms with Crippen molar-refractivity contribution >= 4 is 5.78 Å². The normalized spacial score (nSPS) is 17.6. The number of hydrogen-bond acceptors (Lipinski definition) is 5. The number of hydrogen-bond donors (Lipinski definition) is 0. The van der Waals surface area contributed by atoms with Gasteiger partial charge in [-0.1, -0.05) is 17.3 Å². The fourth-order valence-electron chi connectivity index (χ4n) is 3.87. The van der Waals surface area contributed by atoms with Crippen LogP contribution in [0.4, 0.5) is 4.39 Å². The molecule has 3 heterocycles. The van der Waals surface area contributed by atoms with Crippen LogP contribution in [0, 0.1) is 26.6 Å². The molecule has 1 atom stereocenters. The van der Waals surface area contributed by atoms with E-state index in [1.807, 2.05) is 37.5 Å². The molecule has 152 valence electrons. The second-order valence-electron chi connectivity index (χ2n) is 7.49. The summed E-state index contributed by atoms with van der Waals surface area (Å²) >= 11 is 0. The van der Waals surface area contributed by atoms with E-state index in [-0.39, 0.29) is 17.7 Å². The molecule has 4 rings (SSSR count). The van der Waals surface area contributed by atoms with Crippen LogP contribution in [-0.4, -0.2) is 46.6 Å². The molecule has 7 heteroatoms. The minimum Gasteiger partial charge on any atom is -0.371 e. The highest BCUT2D eigenvalue weighted by molar-refractivity contribution is 5.99. The Balaban J connectivity index is 1.48. The molecule has 0 spiro atoms. The smallest absolute Gasteiger partial charge is 0.180 e. The van der Waals surface area contributed by atoms with Gasteiger partial charge in [-0.15, -0.1) is 0 Å². The number of halogens is 1. The van der Waals surface area contributed by atoms with E-state index < -0.39 is 0 Å². The van der Waals surface area contributed by atoms with E-state index in [0.717, 1.165) is 22.7 Å². The molecule has 3 aromatic rings. The van der Waals surface area contributed by atoms with Crippen molar-refractivity contribution < 1.29 is 18.4 Å². The van der Waals surface area contributed by atoms with Crippen molar-refractivity contribution in [2.45, 2.75) is 26.9 Å². The minimum atomic E-state index is -0.269. The summed E-state index contributed by atoms with van der Waals surface area (Å²) in [5, 5.41) is 4.07. The number of carbonyl (C=O) groups is 1. The summed E-state index contributed by atoms with van der Waals surface area (Å²) < 4.78 is 26.1. The van der Waals surface area contributed by atoms with Crippen LogP contribution in [-0.2, 0) is 4.74 Å². The first-order valence-corrected chi connectivity index (χ1v) is 9.67. The summed E-state index contributed by atoms with van der Waals surface area (Å²) in [5.41, 5.74) is 3.39. The van der Waals surface area contributed by atoms with Crippen LogP contribution < -0.4 is 0 Å². The quantitative estimate of drug-likeness (QED) is 0.613. The fraction of sp³-hybridized carbons (Fsp3) is 0.364. The Labute approximate surface area is 168 Å². The maximum Gasteiger partial charge on any atom is 0.180 e. The van der Waals surface area contributed by atoms with Gasteiger partial charge in [0, 0.05) is 36.1 Å². The lowest BCUT2D eigenvalue weighted by atomic mass is 10.1. The van der Waals surface area contributed by atoms with Gasteiger partial charge in [0.25, 0.3) is 0 Å². The van der Waals surface area contributed by atoms with Crippen LogP contribution in [0.1, 0.15) is 39.2 Å². The first-order valence-electron chi connectivity index (χ1n) is 9.67. The molecule has 1 unspecified atom stereocenters. The lowest BCUT2D eigenvalue weighted by Crippen LogP contribution is -2.41. The third-order valence-corrected chi connectivity index (χ3v) is 5.34. The molecule has 2 aromatic heterocycles. The van der Waals surface area contributed by atoms with Crippen LogP contribution in [0.2, 0.25) is 0 Å². The molecule has 0 N–H and O–H groups in total. The molecule has 1 saturated heterocycles. The van der Waals surface area contributed by atoms with Gasteiger partial charge in [0.1, 0.15) is 11.6 Å². The third kappa shape index (κ3) is 4.02. The first-order chi connectivity index (χ1) is 13.9. The highest BCUT2D eigenvalue weighted by atomic mass is 19.1. The van der Waals surface area contributed by atoms with Gasteiger partial charge in [0.05, 0.1) is 19.3 Å². The zero-order chi connectivity index (χ0) is 20.5. The molecule has 0 saturated carbocycles. The first kappa shape index (κ1) is 19.5. The second kappa shape index (κ2) is 7.93. The number of ketones is 1. The SMILES string of the molecule is Cc1cc(-n2c(C)cc(C(=O)CN3CCOC(c4ccc(F)cc4)C3)c2C)no1. The molecule has 29 heavy (non-hydrogen) atoms. The van der Waals surface area contributed by atoms with E-state index in [9.17, 15) is 9.18 Å². The second-order valence-corrected chi connectivity index (χ2v) is 7.49. The Morgan fingerprint density at radius 3 is 2.66 bits per heavy atom. The van der Waals surface area contributed by atoms with E-state index >= 15 is 0 Å². The summed E-state index contributed by atoms with van der Waals surface area (Å²) in [6.07, 6.45) is -0.164.